The van der Waals surface area contributed by atoms with Crippen LogP contribution in [0.5, 0.6) is 0 Å². The lowest BCUT2D eigenvalue weighted by Crippen LogP contribution is -2.36. The van der Waals surface area contributed by atoms with E-state index >= 15 is 0 Å². The van der Waals surface area contributed by atoms with E-state index in [4.69, 9.17) is 34.8 Å². The quantitative estimate of drug-likeness (QED) is 0.257. The number of hydrogen-bond donors (Lipinski definition) is 3. The van der Waals surface area contributed by atoms with Crippen molar-refractivity contribution in [1.82, 2.24) is 4.68 Å². The molecule has 0 aliphatic rings. The Hall–Kier alpha value is -3.52. The Balaban J connectivity index is 1.65. The van der Waals surface area contributed by atoms with Crippen molar-refractivity contribution in [3.63, 3.8) is 0 Å². The summed E-state index contributed by atoms with van der Waals surface area (Å²) in [5, 5.41) is 7.09. The van der Waals surface area contributed by atoms with E-state index in [1.54, 1.807) is 24.3 Å². The van der Waals surface area contributed by atoms with Gasteiger partial charge < -0.3 is 10.6 Å². The van der Waals surface area contributed by atoms with Gasteiger partial charge in [-0.1, -0.05) is 52.5 Å². The van der Waals surface area contributed by atoms with Crippen LogP contribution < -0.4 is 16.1 Å². The van der Waals surface area contributed by atoms with Crippen LogP contribution in [0, 0.1) is 20.8 Å². The van der Waals surface area contributed by atoms with Crippen molar-refractivity contribution in [1.29, 1.82) is 0 Å². The number of nitrogens with one attached hydrogen (secondary N) is 3. The Labute approximate surface area is 222 Å². The molecule has 0 atom stereocenters. The van der Waals surface area contributed by atoms with Crippen molar-refractivity contribution in [3.05, 3.63) is 92.0 Å². The van der Waals surface area contributed by atoms with Gasteiger partial charge in [0, 0.05) is 31.8 Å². The van der Waals surface area contributed by atoms with Gasteiger partial charge in [-0.15, -0.1) is 0 Å². The first-order valence-corrected chi connectivity index (χ1v) is 11.9. The fourth-order valence-electron chi connectivity index (χ4n) is 3.99. The van der Waals surface area contributed by atoms with E-state index in [2.05, 4.69) is 16.1 Å². The zero-order valence-electron chi connectivity index (χ0n) is 19.5. The van der Waals surface area contributed by atoms with E-state index in [-0.39, 0.29) is 5.69 Å². The summed E-state index contributed by atoms with van der Waals surface area (Å²) in [7, 11) is 0. The van der Waals surface area contributed by atoms with Crippen LogP contribution in [0.2, 0.25) is 15.1 Å². The molecule has 3 N–H and O–H groups in total. The van der Waals surface area contributed by atoms with Crippen LogP contribution in [0.1, 0.15) is 27.2 Å². The minimum Gasteiger partial charge on any atom is -0.321 e. The number of amides is 3. The van der Waals surface area contributed by atoms with Crippen molar-refractivity contribution in [3.8, 4) is 0 Å². The topological polar surface area (TPSA) is 92.2 Å². The molecule has 0 radical (unpaired) electrons. The number of hydrogen-bond acceptors (Lipinski definition) is 3. The molecule has 3 amide bonds. The highest BCUT2D eigenvalue weighted by Gasteiger charge is 2.22. The molecule has 184 valence electrons. The molecule has 1 heterocycles. The minimum absolute atomic E-state index is 0.0622. The van der Waals surface area contributed by atoms with Crippen molar-refractivity contribution >= 4 is 74.8 Å². The van der Waals surface area contributed by atoms with Crippen molar-refractivity contribution in [2.24, 2.45) is 0 Å². The Kier molecular flexibility index (Phi) is 7.26. The first-order chi connectivity index (χ1) is 17.0. The third-order valence-corrected chi connectivity index (χ3v) is 6.12. The number of aryl methyl sites for hydroxylation is 3. The van der Waals surface area contributed by atoms with Crippen LogP contribution in [0.15, 0.2) is 54.6 Å². The number of fused-ring (bicyclic) bond motifs is 1. The van der Waals surface area contributed by atoms with Gasteiger partial charge in [-0.05, 0) is 74.4 Å². The molecule has 0 saturated carbocycles. The molecule has 4 rings (SSSR count). The molecule has 0 spiro atoms. The van der Waals surface area contributed by atoms with Crippen molar-refractivity contribution in [2.75, 3.05) is 16.1 Å². The van der Waals surface area contributed by atoms with Gasteiger partial charge in [-0.2, -0.15) is 0 Å². The highest BCUT2D eigenvalue weighted by molar-refractivity contribution is 6.42. The maximum absolute atomic E-state index is 13.2. The van der Waals surface area contributed by atoms with E-state index < -0.39 is 17.7 Å². The summed E-state index contributed by atoms with van der Waals surface area (Å²) < 4.78 is 1.24. The third-order valence-electron chi connectivity index (χ3n) is 5.45. The molecule has 3 aromatic carbocycles. The van der Waals surface area contributed by atoms with Gasteiger partial charge >= 0.3 is 11.8 Å². The van der Waals surface area contributed by atoms with E-state index in [1.807, 2.05) is 32.9 Å². The average molecular weight is 544 g/mol. The number of nitrogens with zero attached hydrogens (tertiary/aromatic N) is 1. The van der Waals surface area contributed by atoms with Crippen LogP contribution in [0.4, 0.5) is 11.4 Å². The van der Waals surface area contributed by atoms with Gasteiger partial charge in [0.05, 0.1) is 5.52 Å². The normalized spacial score (nSPS) is 10.8. The highest BCUT2D eigenvalue weighted by atomic mass is 35.5. The van der Waals surface area contributed by atoms with Gasteiger partial charge in [0.25, 0.3) is 5.91 Å². The fraction of sp³-hybridized carbons (Fsp3) is 0.115. The number of rotatable bonds is 4. The van der Waals surface area contributed by atoms with Gasteiger partial charge in [0.1, 0.15) is 5.69 Å². The second-order valence-electron chi connectivity index (χ2n) is 8.35. The summed E-state index contributed by atoms with van der Waals surface area (Å²) in [6, 6.07) is 14.9. The smallest absolute Gasteiger partial charge is 0.321 e. The number of carbonyl (C=O) groups is 3. The Morgan fingerprint density at radius 2 is 1.36 bits per heavy atom. The Morgan fingerprint density at radius 3 is 2.00 bits per heavy atom. The van der Waals surface area contributed by atoms with Gasteiger partial charge in [0.2, 0.25) is 0 Å². The summed E-state index contributed by atoms with van der Waals surface area (Å²) in [6.07, 6.45) is 0. The molecule has 36 heavy (non-hydrogen) atoms. The van der Waals surface area contributed by atoms with Crippen molar-refractivity contribution < 1.29 is 14.4 Å². The molecule has 1 aromatic heterocycles. The number of aromatic nitrogens is 1. The molecule has 10 heteroatoms. The molecule has 4 aromatic rings. The number of anilines is 2. The summed E-state index contributed by atoms with van der Waals surface area (Å²) in [6.45, 7) is 5.65. The number of halogens is 3. The predicted octanol–water partition coefficient (Wildman–Crippen LogP) is 6.49. The maximum atomic E-state index is 13.2. The van der Waals surface area contributed by atoms with Gasteiger partial charge in [0.15, 0.2) is 0 Å². The number of benzene rings is 3. The van der Waals surface area contributed by atoms with E-state index in [9.17, 15) is 14.4 Å². The largest absolute Gasteiger partial charge is 0.328 e. The van der Waals surface area contributed by atoms with Crippen molar-refractivity contribution in [2.45, 2.75) is 20.8 Å². The third kappa shape index (κ3) is 5.49. The molecule has 0 aliphatic heterocycles. The van der Waals surface area contributed by atoms with E-state index in [0.717, 1.165) is 16.7 Å². The Bertz CT molecular complexity index is 1500. The van der Waals surface area contributed by atoms with Crippen LogP contribution in [-0.2, 0) is 9.59 Å². The first kappa shape index (κ1) is 25.6. The summed E-state index contributed by atoms with van der Waals surface area (Å²) >= 11 is 18.2. The monoisotopic (exact) mass is 542 g/mol. The maximum Gasteiger partial charge on any atom is 0.328 e. The summed E-state index contributed by atoms with van der Waals surface area (Å²) in [5.41, 5.74) is 6.67. The van der Waals surface area contributed by atoms with Gasteiger partial charge in [-0.25, -0.2) is 4.68 Å². The lowest BCUT2D eigenvalue weighted by Gasteiger charge is -2.15. The number of carbonyl (C=O) groups excluding carboxylic acids is 3. The van der Waals surface area contributed by atoms with E-state index in [1.165, 1.54) is 22.9 Å². The average Bonchev–Trinajstić information content (AvgIpc) is 3.12. The molecule has 0 bridgehead atoms. The zero-order chi connectivity index (χ0) is 26.1. The fourth-order valence-corrected chi connectivity index (χ4v) is 4.70. The van der Waals surface area contributed by atoms with Crippen LogP contribution >= 0.6 is 34.8 Å². The van der Waals surface area contributed by atoms with Gasteiger partial charge in [-0.3, -0.25) is 19.8 Å². The predicted molar refractivity (Wildman–Crippen MR) is 145 cm³/mol. The molecular formula is C26H21Cl3N4O3. The molecule has 0 fully saturated rings. The lowest BCUT2D eigenvalue weighted by molar-refractivity contribution is -0.133. The molecule has 0 saturated heterocycles. The molecule has 7 nitrogen and oxygen atoms in total. The summed E-state index contributed by atoms with van der Waals surface area (Å²) in [5.74, 6) is -2.40. The molecule has 0 unspecified atom stereocenters. The highest BCUT2D eigenvalue weighted by Crippen LogP contribution is 2.26. The lowest BCUT2D eigenvalue weighted by atomic mass is 10.1. The standard InChI is InChI=1S/C26H21Cl3N4O3/c1-13-6-14(2)23(15(3)7-13)31-25(35)26(36)32-33-21-5-4-17(27)8-16(21)9-22(33)24(34)30-20-11-18(28)10-19(29)12-20/h4-12H,1-3H3,(H,30,34)(H,31,35)(H,32,36). The second-order valence-corrected chi connectivity index (χ2v) is 9.66. The SMILES string of the molecule is Cc1cc(C)c(NC(=O)C(=O)Nn2c(C(=O)Nc3cc(Cl)cc(Cl)c3)cc3cc(Cl)ccc32)c(C)c1. The van der Waals surface area contributed by atoms with Crippen LogP contribution in [0.3, 0.4) is 0 Å². The molecular weight excluding hydrogens is 523 g/mol. The second kappa shape index (κ2) is 10.2. The van der Waals surface area contributed by atoms with E-state index in [0.29, 0.717) is 37.3 Å². The summed E-state index contributed by atoms with van der Waals surface area (Å²) in [4.78, 5) is 38.9. The zero-order valence-corrected chi connectivity index (χ0v) is 21.8. The first-order valence-electron chi connectivity index (χ1n) is 10.8. The minimum atomic E-state index is -0.957. The van der Waals surface area contributed by atoms with Crippen LogP contribution in [-0.4, -0.2) is 22.4 Å². The Morgan fingerprint density at radius 1 is 0.722 bits per heavy atom. The van der Waals surface area contributed by atoms with Crippen LogP contribution in [0.25, 0.3) is 10.9 Å². The molecule has 0 aliphatic carbocycles.